The molecule has 1 aliphatic heterocycles. The van der Waals surface area contributed by atoms with Crippen LogP contribution in [0.1, 0.15) is 28.9 Å². The van der Waals surface area contributed by atoms with Crippen molar-refractivity contribution in [1.29, 1.82) is 0 Å². The zero-order chi connectivity index (χ0) is 15.4. The van der Waals surface area contributed by atoms with Gasteiger partial charge in [0.15, 0.2) is 0 Å². The topological polar surface area (TPSA) is 75.1 Å². The van der Waals surface area contributed by atoms with Gasteiger partial charge in [0.1, 0.15) is 0 Å². The third-order valence-corrected chi connectivity index (χ3v) is 4.04. The zero-order valence-corrected chi connectivity index (χ0v) is 12.3. The van der Waals surface area contributed by atoms with Gasteiger partial charge in [-0.3, -0.25) is 9.97 Å². The molecule has 0 saturated carbocycles. The first-order valence-corrected chi connectivity index (χ1v) is 7.58. The summed E-state index contributed by atoms with van der Waals surface area (Å²) in [6.07, 6.45) is 6.79. The Hall–Kier alpha value is -2.27. The van der Waals surface area contributed by atoms with Gasteiger partial charge in [0, 0.05) is 11.8 Å². The Labute approximate surface area is 129 Å². The Bertz CT molecular complexity index is 649. The van der Waals surface area contributed by atoms with E-state index in [1.54, 1.807) is 30.6 Å². The molecule has 0 bridgehead atoms. The summed E-state index contributed by atoms with van der Waals surface area (Å²) >= 11 is 0. The van der Waals surface area contributed by atoms with Gasteiger partial charge in [0.2, 0.25) is 0 Å². The van der Waals surface area contributed by atoms with Crippen LogP contribution in [0.2, 0.25) is 0 Å². The normalized spacial score (nSPS) is 18.1. The van der Waals surface area contributed by atoms with Crippen molar-refractivity contribution in [2.75, 3.05) is 13.1 Å². The van der Waals surface area contributed by atoms with Crippen molar-refractivity contribution in [1.82, 2.24) is 15.3 Å². The van der Waals surface area contributed by atoms with Gasteiger partial charge in [-0.05, 0) is 44.3 Å². The summed E-state index contributed by atoms with van der Waals surface area (Å²) in [5.74, 6) is -0.338. The predicted molar refractivity (Wildman–Crippen MR) is 83.7 cm³/mol. The van der Waals surface area contributed by atoms with E-state index < -0.39 is 5.97 Å². The zero-order valence-electron chi connectivity index (χ0n) is 12.3. The summed E-state index contributed by atoms with van der Waals surface area (Å²) in [5, 5.41) is 12.6. The van der Waals surface area contributed by atoms with E-state index in [9.17, 15) is 9.90 Å². The molecule has 1 aromatic heterocycles. The lowest BCUT2D eigenvalue weighted by Gasteiger charge is -2.22. The van der Waals surface area contributed by atoms with E-state index in [4.69, 9.17) is 0 Å². The van der Waals surface area contributed by atoms with Crippen LogP contribution in [0, 0.1) is 5.92 Å². The first-order valence-electron chi connectivity index (χ1n) is 7.58. The predicted octanol–water partition coefficient (Wildman–Crippen LogP) is 2.38. The Morgan fingerprint density at radius 3 is 2.82 bits per heavy atom. The van der Waals surface area contributed by atoms with Gasteiger partial charge in [0.25, 0.3) is 0 Å². The average Bonchev–Trinajstić information content (AvgIpc) is 2.56. The number of nitrogens with one attached hydrogen (secondary N) is 1. The molecule has 0 aliphatic carbocycles. The molecule has 2 heterocycles. The minimum absolute atomic E-state index is 0.251. The molecule has 1 aliphatic rings. The molecule has 1 fully saturated rings. The number of hydrogen-bond acceptors (Lipinski definition) is 4. The third-order valence-electron chi connectivity index (χ3n) is 4.04. The second kappa shape index (κ2) is 6.66. The number of hydrogen-bond donors (Lipinski definition) is 2. The van der Waals surface area contributed by atoms with Crippen LogP contribution in [0.3, 0.4) is 0 Å². The second-order valence-corrected chi connectivity index (χ2v) is 5.66. The van der Waals surface area contributed by atoms with Gasteiger partial charge in [-0.25, -0.2) is 4.79 Å². The monoisotopic (exact) mass is 297 g/mol. The fourth-order valence-corrected chi connectivity index (χ4v) is 2.89. The highest BCUT2D eigenvalue weighted by molar-refractivity contribution is 5.95. The fourth-order valence-electron chi connectivity index (χ4n) is 2.89. The van der Waals surface area contributed by atoms with E-state index in [0.29, 0.717) is 17.2 Å². The summed E-state index contributed by atoms with van der Waals surface area (Å²) in [6.45, 7) is 2.14. The standard InChI is InChI=1S/C17H19N3O2/c21-17(22)15-6-2-1-5-14(15)16-11-19-13(10-20-16)8-12-4-3-7-18-9-12/h1-2,5-6,10-12,18H,3-4,7-9H2,(H,21,22). The summed E-state index contributed by atoms with van der Waals surface area (Å²) in [7, 11) is 0. The number of carboxylic acids is 1. The fraction of sp³-hybridized carbons (Fsp3) is 0.353. The van der Waals surface area contributed by atoms with Crippen molar-refractivity contribution in [3.8, 4) is 11.3 Å². The van der Waals surface area contributed by atoms with E-state index >= 15 is 0 Å². The highest BCUT2D eigenvalue weighted by atomic mass is 16.4. The number of rotatable bonds is 4. The number of nitrogens with zero attached hydrogens (tertiary/aromatic N) is 2. The van der Waals surface area contributed by atoms with Gasteiger partial charge in [-0.15, -0.1) is 0 Å². The van der Waals surface area contributed by atoms with Gasteiger partial charge in [-0.1, -0.05) is 18.2 Å². The van der Waals surface area contributed by atoms with Crippen molar-refractivity contribution in [2.45, 2.75) is 19.3 Å². The Kier molecular flexibility index (Phi) is 4.44. The third kappa shape index (κ3) is 3.31. The molecular weight excluding hydrogens is 278 g/mol. The van der Waals surface area contributed by atoms with Crippen LogP contribution in [-0.2, 0) is 6.42 Å². The average molecular weight is 297 g/mol. The van der Waals surface area contributed by atoms with E-state index in [2.05, 4.69) is 15.3 Å². The Morgan fingerprint density at radius 1 is 1.27 bits per heavy atom. The Morgan fingerprint density at radius 2 is 2.14 bits per heavy atom. The summed E-state index contributed by atoms with van der Waals surface area (Å²) in [4.78, 5) is 20.1. The highest BCUT2D eigenvalue weighted by Gasteiger charge is 2.15. The second-order valence-electron chi connectivity index (χ2n) is 5.66. The van der Waals surface area contributed by atoms with Gasteiger partial charge in [-0.2, -0.15) is 0 Å². The van der Waals surface area contributed by atoms with Crippen LogP contribution in [0.5, 0.6) is 0 Å². The molecule has 22 heavy (non-hydrogen) atoms. The Balaban J connectivity index is 1.78. The molecule has 0 amide bonds. The van der Waals surface area contributed by atoms with E-state index in [0.717, 1.165) is 25.2 Å². The van der Waals surface area contributed by atoms with E-state index in [-0.39, 0.29) is 5.56 Å². The smallest absolute Gasteiger partial charge is 0.336 e. The number of aromatic nitrogens is 2. The lowest BCUT2D eigenvalue weighted by Crippen LogP contribution is -2.31. The molecule has 1 aromatic carbocycles. The minimum atomic E-state index is -0.949. The summed E-state index contributed by atoms with van der Waals surface area (Å²) in [5.41, 5.74) is 2.42. The number of piperidine rings is 1. The number of aromatic carboxylic acids is 1. The van der Waals surface area contributed by atoms with E-state index in [1.807, 2.05) is 6.07 Å². The summed E-state index contributed by atoms with van der Waals surface area (Å²) in [6, 6.07) is 6.87. The van der Waals surface area contributed by atoms with Crippen molar-refractivity contribution < 1.29 is 9.90 Å². The van der Waals surface area contributed by atoms with Gasteiger partial charge in [0.05, 0.1) is 23.1 Å². The van der Waals surface area contributed by atoms with Crippen molar-refractivity contribution in [3.05, 3.63) is 47.9 Å². The first kappa shape index (κ1) is 14.7. The van der Waals surface area contributed by atoms with E-state index in [1.165, 1.54) is 12.8 Å². The number of carboxylic acid groups (broad SMARTS) is 1. The maximum absolute atomic E-state index is 11.3. The van der Waals surface area contributed by atoms with Crippen LogP contribution < -0.4 is 5.32 Å². The quantitative estimate of drug-likeness (QED) is 0.906. The molecule has 2 aromatic rings. The molecule has 5 nitrogen and oxygen atoms in total. The van der Waals surface area contributed by atoms with Crippen LogP contribution in [0.25, 0.3) is 11.3 Å². The van der Waals surface area contributed by atoms with Gasteiger partial charge >= 0.3 is 5.97 Å². The van der Waals surface area contributed by atoms with Crippen molar-refractivity contribution in [3.63, 3.8) is 0 Å². The number of carbonyl (C=O) groups is 1. The van der Waals surface area contributed by atoms with Crippen LogP contribution in [-0.4, -0.2) is 34.1 Å². The molecule has 1 atom stereocenters. The van der Waals surface area contributed by atoms with Crippen LogP contribution >= 0.6 is 0 Å². The lowest BCUT2D eigenvalue weighted by atomic mass is 9.95. The molecular formula is C17H19N3O2. The first-order chi connectivity index (χ1) is 10.7. The molecule has 3 rings (SSSR count). The molecule has 0 radical (unpaired) electrons. The molecule has 2 N–H and O–H groups in total. The summed E-state index contributed by atoms with van der Waals surface area (Å²) < 4.78 is 0. The van der Waals surface area contributed by atoms with Crippen LogP contribution in [0.15, 0.2) is 36.7 Å². The largest absolute Gasteiger partial charge is 0.478 e. The molecule has 1 unspecified atom stereocenters. The SMILES string of the molecule is O=C(O)c1ccccc1-c1cnc(CC2CCCNC2)cn1. The van der Waals surface area contributed by atoms with Crippen molar-refractivity contribution in [2.24, 2.45) is 5.92 Å². The maximum atomic E-state index is 11.3. The highest BCUT2D eigenvalue weighted by Crippen LogP contribution is 2.22. The lowest BCUT2D eigenvalue weighted by molar-refractivity contribution is 0.0697. The van der Waals surface area contributed by atoms with Crippen LogP contribution in [0.4, 0.5) is 0 Å². The molecule has 5 heteroatoms. The van der Waals surface area contributed by atoms with Crippen molar-refractivity contribution >= 4 is 5.97 Å². The number of benzene rings is 1. The minimum Gasteiger partial charge on any atom is -0.478 e. The molecule has 114 valence electrons. The molecule has 0 spiro atoms. The van der Waals surface area contributed by atoms with Gasteiger partial charge < -0.3 is 10.4 Å². The molecule has 1 saturated heterocycles. The maximum Gasteiger partial charge on any atom is 0.336 e.